The molecular formula is C12H14N2O. The van der Waals surface area contributed by atoms with Crippen LogP contribution in [-0.2, 0) is 18.2 Å². The summed E-state index contributed by atoms with van der Waals surface area (Å²) >= 11 is 0. The summed E-state index contributed by atoms with van der Waals surface area (Å²) in [5.41, 5.74) is 2.30. The molecule has 3 nitrogen and oxygen atoms in total. The number of ether oxygens (including phenoxy) is 1. The molecule has 1 aromatic heterocycles. The summed E-state index contributed by atoms with van der Waals surface area (Å²) in [5.74, 6) is 1.16. The average Bonchev–Trinajstić information content (AvgIpc) is 3.03. The maximum atomic E-state index is 5.21. The van der Waals surface area contributed by atoms with Crippen LogP contribution in [0.2, 0.25) is 0 Å². The molecule has 1 atom stereocenters. The van der Waals surface area contributed by atoms with Crippen molar-refractivity contribution in [3.8, 4) is 0 Å². The Hall–Kier alpha value is -1.35. The Morgan fingerprint density at radius 2 is 2.27 bits per heavy atom. The lowest BCUT2D eigenvalue weighted by Crippen LogP contribution is -2.00. The molecular weight excluding hydrogens is 188 g/mol. The molecule has 0 saturated carbocycles. The van der Waals surface area contributed by atoms with Crippen molar-refractivity contribution >= 4 is 11.0 Å². The lowest BCUT2D eigenvalue weighted by Gasteiger charge is -2.00. The molecule has 1 unspecified atom stereocenters. The lowest BCUT2D eigenvalue weighted by atomic mass is 10.2. The van der Waals surface area contributed by atoms with E-state index in [-0.39, 0.29) is 0 Å². The summed E-state index contributed by atoms with van der Waals surface area (Å²) < 4.78 is 7.39. The van der Waals surface area contributed by atoms with Gasteiger partial charge >= 0.3 is 0 Å². The quantitative estimate of drug-likeness (QED) is 0.712. The van der Waals surface area contributed by atoms with E-state index in [0.29, 0.717) is 6.10 Å². The van der Waals surface area contributed by atoms with Crippen molar-refractivity contribution in [1.29, 1.82) is 0 Å². The van der Waals surface area contributed by atoms with E-state index in [1.54, 1.807) is 0 Å². The fourth-order valence-electron chi connectivity index (χ4n) is 1.94. The van der Waals surface area contributed by atoms with Crippen LogP contribution in [0.4, 0.5) is 0 Å². The maximum Gasteiger partial charge on any atom is 0.109 e. The number of fused-ring (bicyclic) bond motifs is 1. The van der Waals surface area contributed by atoms with E-state index in [9.17, 15) is 0 Å². The molecule has 1 aromatic carbocycles. The molecule has 3 heteroatoms. The molecule has 78 valence electrons. The first-order valence-corrected chi connectivity index (χ1v) is 5.36. The standard InChI is InChI=1S/C12H14N2O/c1-14-11-5-3-2-4-10(11)13-12(14)7-6-9-8-15-9/h2-5,9H,6-8H2,1H3. The third kappa shape index (κ3) is 1.63. The number of benzene rings is 1. The van der Waals surface area contributed by atoms with Crippen LogP contribution in [-0.4, -0.2) is 22.3 Å². The minimum Gasteiger partial charge on any atom is -0.373 e. The second kappa shape index (κ2) is 3.35. The van der Waals surface area contributed by atoms with E-state index in [4.69, 9.17) is 4.74 Å². The van der Waals surface area contributed by atoms with Gasteiger partial charge < -0.3 is 9.30 Å². The van der Waals surface area contributed by atoms with Gasteiger partial charge in [0.05, 0.1) is 23.7 Å². The molecule has 1 aliphatic heterocycles. The summed E-state index contributed by atoms with van der Waals surface area (Å²) in [4.78, 5) is 4.62. The Morgan fingerprint density at radius 3 is 3.00 bits per heavy atom. The van der Waals surface area contributed by atoms with Gasteiger partial charge in [-0.2, -0.15) is 0 Å². The summed E-state index contributed by atoms with van der Waals surface area (Å²) in [7, 11) is 2.08. The first-order chi connectivity index (χ1) is 7.34. The number of para-hydroxylation sites is 2. The van der Waals surface area contributed by atoms with Gasteiger partial charge in [-0.1, -0.05) is 12.1 Å². The fourth-order valence-corrected chi connectivity index (χ4v) is 1.94. The molecule has 1 fully saturated rings. The van der Waals surface area contributed by atoms with Crippen molar-refractivity contribution in [3.63, 3.8) is 0 Å². The zero-order valence-electron chi connectivity index (χ0n) is 8.81. The topological polar surface area (TPSA) is 30.4 Å². The Morgan fingerprint density at radius 1 is 1.47 bits per heavy atom. The monoisotopic (exact) mass is 202 g/mol. The first kappa shape index (κ1) is 8.92. The van der Waals surface area contributed by atoms with Crippen molar-refractivity contribution in [3.05, 3.63) is 30.1 Å². The molecule has 1 aliphatic rings. The highest BCUT2D eigenvalue weighted by Crippen LogP contribution is 2.19. The molecule has 0 N–H and O–H groups in total. The van der Waals surface area contributed by atoms with Crippen molar-refractivity contribution in [2.45, 2.75) is 18.9 Å². The number of hydrogen-bond acceptors (Lipinski definition) is 2. The number of rotatable bonds is 3. The van der Waals surface area contributed by atoms with Crippen molar-refractivity contribution < 1.29 is 4.74 Å². The van der Waals surface area contributed by atoms with Gasteiger partial charge in [-0.25, -0.2) is 4.98 Å². The molecule has 1 saturated heterocycles. The third-order valence-corrected chi connectivity index (χ3v) is 2.97. The molecule has 0 amide bonds. The lowest BCUT2D eigenvalue weighted by molar-refractivity contribution is 0.394. The van der Waals surface area contributed by atoms with E-state index in [0.717, 1.165) is 30.8 Å². The number of epoxide rings is 1. The molecule has 0 spiro atoms. The van der Waals surface area contributed by atoms with Crippen LogP contribution in [0.5, 0.6) is 0 Å². The van der Waals surface area contributed by atoms with Crippen molar-refractivity contribution in [2.24, 2.45) is 7.05 Å². The number of nitrogens with zero attached hydrogens (tertiary/aromatic N) is 2. The number of aromatic nitrogens is 2. The van der Waals surface area contributed by atoms with Gasteiger partial charge in [-0.15, -0.1) is 0 Å². The van der Waals surface area contributed by atoms with E-state index in [1.165, 1.54) is 5.52 Å². The number of hydrogen-bond donors (Lipinski definition) is 0. The van der Waals surface area contributed by atoms with Gasteiger partial charge in [0.15, 0.2) is 0 Å². The Kier molecular flexibility index (Phi) is 1.99. The number of imidazole rings is 1. The maximum absolute atomic E-state index is 5.21. The molecule has 3 rings (SSSR count). The van der Waals surface area contributed by atoms with Crippen LogP contribution in [0, 0.1) is 0 Å². The van der Waals surface area contributed by atoms with Gasteiger partial charge in [0.2, 0.25) is 0 Å². The minimum absolute atomic E-state index is 0.491. The molecule has 0 bridgehead atoms. The van der Waals surface area contributed by atoms with Crippen LogP contribution < -0.4 is 0 Å². The fraction of sp³-hybridized carbons (Fsp3) is 0.417. The summed E-state index contributed by atoms with van der Waals surface area (Å²) in [6, 6.07) is 8.26. The molecule has 2 aromatic rings. The van der Waals surface area contributed by atoms with E-state index < -0.39 is 0 Å². The normalized spacial score (nSPS) is 19.7. The van der Waals surface area contributed by atoms with Crippen LogP contribution >= 0.6 is 0 Å². The predicted molar refractivity (Wildman–Crippen MR) is 58.8 cm³/mol. The highest BCUT2D eigenvalue weighted by Gasteiger charge is 2.22. The van der Waals surface area contributed by atoms with Crippen LogP contribution in [0.15, 0.2) is 24.3 Å². The Labute approximate surface area is 88.7 Å². The second-order valence-corrected chi connectivity index (χ2v) is 4.07. The molecule has 15 heavy (non-hydrogen) atoms. The zero-order valence-corrected chi connectivity index (χ0v) is 8.81. The smallest absolute Gasteiger partial charge is 0.109 e. The van der Waals surface area contributed by atoms with E-state index in [2.05, 4.69) is 34.8 Å². The first-order valence-electron chi connectivity index (χ1n) is 5.36. The van der Waals surface area contributed by atoms with E-state index in [1.807, 2.05) is 6.07 Å². The van der Waals surface area contributed by atoms with Gasteiger partial charge in [0.1, 0.15) is 5.82 Å². The summed E-state index contributed by atoms with van der Waals surface area (Å²) in [6.07, 6.45) is 2.59. The largest absolute Gasteiger partial charge is 0.373 e. The van der Waals surface area contributed by atoms with Crippen LogP contribution in [0.25, 0.3) is 11.0 Å². The third-order valence-electron chi connectivity index (χ3n) is 2.97. The van der Waals surface area contributed by atoms with Gasteiger partial charge in [0, 0.05) is 13.5 Å². The van der Waals surface area contributed by atoms with Gasteiger partial charge in [-0.05, 0) is 18.6 Å². The SMILES string of the molecule is Cn1c(CCC2CO2)nc2ccccc21. The van der Waals surface area contributed by atoms with Crippen LogP contribution in [0.1, 0.15) is 12.2 Å². The van der Waals surface area contributed by atoms with Crippen molar-refractivity contribution in [1.82, 2.24) is 9.55 Å². The van der Waals surface area contributed by atoms with E-state index >= 15 is 0 Å². The Balaban J connectivity index is 1.92. The summed E-state index contributed by atoms with van der Waals surface area (Å²) in [6.45, 7) is 0.934. The van der Waals surface area contributed by atoms with Crippen LogP contribution in [0.3, 0.4) is 0 Å². The predicted octanol–water partition coefficient (Wildman–Crippen LogP) is 1.90. The minimum atomic E-state index is 0.491. The number of aryl methyl sites for hydroxylation is 2. The van der Waals surface area contributed by atoms with Gasteiger partial charge in [0.25, 0.3) is 0 Å². The second-order valence-electron chi connectivity index (χ2n) is 4.07. The summed E-state index contributed by atoms with van der Waals surface area (Å²) in [5, 5.41) is 0. The molecule has 0 radical (unpaired) electrons. The zero-order chi connectivity index (χ0) is 10.3. The highest BCUT2D eigenvalue weighted by atomic mass is 16.6. The molecule has 0 aliphatic carbocycles. The Bertz CT molecular complexity index is 485. The molecule has 2 heterocycles. The highest BCUT2D eigenvalue weighted by molar-refractivity contribution is 5.75. The van der Waals surface area contributed by atoms with Gasteiger partial charge in [-0.3, -0.25) is 0 Å². The van der Waals surface area contributed by atoms with Crippen molar-refractivity contribution in [2.75, 3.05) is 6.61 Å². The average molecular weight is 202 g/mol.